The summed E-state index contributed by atoms with van der Waals surface area (Å²) in [6.07, 6.45) is 18.2. The van der Waals surface area contributed by atoms with E-state index in [1.165, 1.54) is 37.0 Å². The molecule has 0 aromatic heterocycles. The minimum atomic E-state index is -2.11. The minimum absolute atomic E-state index is 0.00708. The number of methoxy groups -OCH3 is 1. The number of likely N-dealkylation sites (tertiary alicyclic amines) is 1. The molecule has 4 aliphatic heterocycles. The Hall–Kier alpha value is -1.95. The van der Waals surface area contributed by atoms with Gasteiger partial charge in [-0.2, -0.15) is 0 Å². The van der Waals surface area contributed by atoms with E-state index in [0.29, 0.717) is 49.0 Å². The Bertz CT molecular complexity index is 1440. The maximum atomic E-state index is 15.4. The van der Waals surface area contributed by atoms with Crippen LogP contribution in [0.2, 0.25) is 24.2 Å². The maximum Gasteiger partial charge on any atom is 0.410 e. The number of allylic oxidation sites excluding steroid dienone is 1. The highest BCUT2D eigenvalue weighted by atomic mass is 28.3. The predicted octanol–water partition coefficient (Wildman–Crippen LogP) is 7.27. The largest absolute Gasteiger partial charge is 0.448 e. The van der Waals surface area contributed by atoms with Crippen molar-refractivity contribution in [3.8, 4) is 0 Å². The highest BCUT2D eigenvalue weighted by Crippen LogP contribution is 2.62. The van der Waals surface area contributed by atoms with E-state index in [-0.39, 0.29) is 54.2 Å². The summed E-state index contributed by atoms with van der Waals surface area (Å²) < 4.78 is 18.5. The standard InChI is InChI=1S/C43H69N3O7Si/c1-28-40(54(3,4)35-19-17-34(51-2)18-20-35)38(24-39(48)45-26-31-10-6-5-9-30(31)23-33(45)27-47)53-43(28)36-11-7-8-12-37(36)46(41(43)49)25-29-13-15-32(16-14-29)44-21-22-52-42(44)50/h28-35,38,40,47H,5-27H2,1-4H3/t28-,29?,30?,31?,32?,33-,34?,35?,38+,40-,43+/m0/s1. The van der Waals surface area contributed by atoms with E-state index in [2.05, 4.69) is 24.9 Å². The Morgan fingerprint density at radius 3 is 2.35 bits per heavy atom. The molecular weight excluding hydrogens is 699 g/mol. The molecule has 4 aliphatic carbocycles. The highest BCUT2D eigenvalue weighted by Gasteiger charge is 2.68. The molecule has 3 saturated carbocycles. The number of hydrogen-bond acceptors (Lipinski definition) is 7. The van der Waals surface area contributed by atoms with Gasteiger partial charge in [-0.15, -0.1) is 0 Å². The first-order valence-electron chi connectivity index (χ1n) is 22.2. The predicted molar refractivity (Wildman–Crippen MR) is 209 cm³/mol. The van der Waals surface area contributed by atoms with Gasteiger partial charge in [-0.1, -0.05) is 52.1 Å². The fourth-order valence-corrected chi connectivity index (χ4v) is 18.6. The van der Waals surface area contributed by atoms with Crippen LogP contribution in [0, 0.1) is 23.7 Å². The fraction of sp³-hybridized carbons (Fsp3) is 0.884. The van der Waals surface area contributed by atoms with Crippen LogP contribution < -0.4 is 0 Å². The van der Waals surface area contributed by atoms with Crippen LogP contribution in [-0.4, -0.2) is 116 Å². The normalized spacial score (nSPS) is 40.4. The number of aliphatic hydroxyl groups is 1. The number of rotatable bonds is 9. The molecule has 4 heterocycles. The van der Waals surface area contributed by atoms with Gasteiger partial charge in [0, 0.05) is 37.9 Å². The zero-order chi connectivity index (χ0) is 37.8. The maximum absolute atomic E-state index is 15.4. The lowest BCUT2D eigenvalue weighted by Gasteiger charge is -2.47. The highest BCUT2D eigenvalue weighted by molar-refractivity contribution is 6.80. The summed E-state index contributed by atoms with van der Waals surface area (Å²) in [7, 11) is -0.278. The monoisotopic (exact) mass is 767 g/mol. The fourth-order valence-electron chi connectivity index (χ4n) is 13.5. The lowest BCUT2D eigenvalue weighted by atomic mass is 9.73. The lowest BCUT2D eigenvalue weighted by Crippen LogP contribution is -2.53. The molecule has 0 aromatic carbocycles. The summed E-state index contributed by atoms with van der Waals surface area (Å²) in [5, 5.41) is 10.6. The van der Waals surface area contributed by atoms with Gasteiger partial charge in [0.15, 0.2) is 5.60 Å². The average Bonchev–Trinajstić information content (AvgIpc) is 3.83. The van der Waals surface area contributed by atoms with Gasteiger partial charge in [0.1, 0.15) is 6.61 Å². The van der Waals surface area contributed by atoms with Gasteiger partial charge in [-0.3, -0.25) is 9.59 Å². The van der Waals surface area contributed by atoms with E-state index in [1.54, 1.807) is 0 Å². The Balaban J connectivity index is 1.07. The van der Waals surface area contributed by atoms with Crippen molar-refractivity contribution in [1.82, 2.24) is 14.7 Å². The van der Waals surface area contributed by atoms with Gasteiger partial charge in [0.05, 0.1) is 45.9 Å². The molecule has 0 radical (unpaired) electrons. The number of fused-ring (bicyclic) bond motifs is 2. The quantitative estimate of drug-likeness (QED) is 0.246. The second-order valence-electron chi connectivity index (χ2n) is 19.4. The molecule has 3 amide bonds. The smallest absolute Gasteiger partial charge is 0.410 e. The van der Waals surface area contributed by atoms with Crippen molar-refractivity contribution in [1.29, 1.82) is 0 Å². The summed E-state index contributed by atoms with van der Waals surface area (Å²) in [4.78, 5) is 48.5. The molecule has 8 aliphatic rings. The van der Waals surface area contributed by atoms with E-state index in [4.69, 9.17) is 14.2 Å². The Labute approximate surface area is 325 Å². The number of aliphatic hydroxyl groups excluding tert-OH is 1. The number of carbonyl (C=O) groups is 3. The number of nitrogens with zero attached hydrogens (tertiary/aromatic N) is 3. The zero-order valence-corrected chi connectivity index (χ0v) is 34.8. The molecule has 10 nitrogen and oxygen atoms in total. The van der Waals surface area contributed by atoms with Crippen LogP contribution >= 0.6 is 0 Å². The number of ether oxygens (including phenoxy) is 3. The van der Waals surface area contributed by atoms with Gasteiger partial charge in [0.25, 0.3) is 5.91 Å². The van der Waals surface area contributed by atoms with Crippen LogP contribution in [0.1, 0.15) is 122 Å². The summed E-state index contributed by atoms with van der Waals surface area (Å²) in [5.74, 6) is 1.77. The lowest BCUT2D eigenvalue weighted by molar-refractivity contribution is -0.154. The first-order valence-corrected chi connectivity index (χ1v) is 25.3. The molecule has 0 bridgehead atoms. The topological polar surface area (TPSA) is 109 Å². The molecule has 1 spiro atoms. The molecule has 8 rings (SSSR count). The van der Waals surface area contributed by atoms with Crippen molar-refractivity contribution >= 4 is 26.0 Å². The third kappa shape index (κ3) is 6.80. The molecule has 54 heavy (non-hydrogen) atoms. The van der Waals surface area contributed by atoms with Crippen molar-refractivity contribution in [2.45, 2.75) is 177 Å². The van der Waals surface area contributed by atoms with Gasteiger partial charge in [0.2, 0.25) is 5.91 Å². The van der Waals surface area contributed by atoms with Gasteiger partial charge >= 0.3 is 6.09 Å². The Kier molecular flexibility index (Phi) is 11.4. The molecule has 3 saturated heterocycles. The summed E-state index contributed by atoms with van der Waals surface area (Å²) in [5.41, 5.74) is 2.20. The molecule has 302 valence electrons. The first-order chi connectivity index (χ1) is 26.1. The number of cyclic esters (lactones) is 1. The number of carbonyl (C=O) groups excluding carboxylic acids is 3. The number of hydrogen-bond donors (Lipinski definition) is 1. The number of amides is 3. The van der Waals surface area contributed by atoms with E-state index < -0.39 is 13.7 Å². The summed E-state index contributed by atoms with van der Waals surface area (Å²) in [6.45, 7) is 10.0. The van der Waals surface area contributed by atoms with Crippen LogP contribution in [0.4, 0.5) is 4.79 Å². The Morgan fingerprint density at radius 1 is 0.944 bits per heavy atom. The van der Waals surface area contributed by atoms with Crippen LogP contribution in [0.5, 0.6) is 0 Å². The third-order valence-corrected chi connectivity index (χ3v) is 21.8. The molecule has 1 N–H and O–H groups in total. The van der Waals surface area contributed by atoms with Crippen molar-refractivity contribution in [2.24, 2.45) is 23.7 Å². The molecular formula is C43H69N3O7Si. The van der Waals surface area contributed by atoms with Gasteiger partial charge in [-0.05, 0) is 111 Å². The van der Waals surface area contributed by atoms with Crippen molar-refractivity contribution in [3.63, 3.8) is 0 Å². The molecule has 6 fully saturated rings. The third-order valence-electron chi connectivity index (χ3n) is 16.5. The van der Waals surface area contributed by atoms with Crippen molar-refractivity contribution in [3.05, 3.63) is 11.3 Å². The molecule has 11 heteroatoms. The van der Waals surface area contributed by atoms with Gasteiger partial charge < -0.3 is 34.0 Å². The minimum Gasteiger partial charge on any atom is -0.448 e. The second kappa shape index (κ2) is 15.8. The van der Waals surface area contributed by atoms with Crippen molar-refractivity contribution in [2.75, 3.05) is 40.0 Å². The second-order valence-corrected chi connectivity index (χ2v) is 24.5. The molecule has 7 atom stereocenters. The summed E-state index contributed by atoms with van der Waals surface area (Å²) in [6, 6.07) is 0.110. The van der Waals surface area contributed by atoms with Crippen LogP contribution in [0.15, 0.2) is 11.3 Å². The van der Waals surface area contributed by atoms with Crippen LogP contribution in [-0.2, 0) is 23.8 Å². The van der Waals surface area contributed by atoms with Crippen molar-refractivity contribution < 1.29 is 33.7 Å². The summed E-state index contributed by atoms with van der Waals surface area (Å²) >= 11 is 0. The van der Waals surface area contributed by atoms with Gasteiger partial charge in [-0.25, -0.2) is 4.79 Å². The van der Waals surface area contributed by atoms with Crippen LogP contribution in [0.25, 0.3) is 0 Å². The zero-order valence-electron chi connectivity index (χ0n) is 33.8. The first kappa shape index (κ1) is 38.9. The van der Waals surface area contributed by atoms with E-state index in [1.807, 2.05) is 16.9 Å². The molecule has 2 unspecified atom stereocenters. The average molecular weight is 768 g/mol. The van der Waals surface area contributed by atoms with E-state index >= 15 is 4.79 Å². The van der Waals surface area contributed by atoms with E-state index in [0.717, 1.165) is 96.6 Å². The SMILES string of the molecule is COC1CCC([Si](C)(C)[C@@H]2[C@@H](CC(=O)N3CC4CCCCC4C[C@H]3CO)O[C@]3(C(=O)N(CC4CCC(N5CCOC5=O)CC4)C4=C3CCCC4)[C@H]2C)CC1. The Morgan fingerprint density at radius 2 is 1.67 bits per heavy atom. The van der Waals surface area contributed by atoms with E-state index in [9.17, 15) is 14.7 Å². The number of piperidine rings is 1. The molecule has 0 aromatic rings. The van der Waals surface area contributed by atoms with Crippen LogP contribution in [0.3, 0.4) is 0 Å².